The van der Waals surface area contributed by atoms with Crippen LogP contribution in [0.25, 0.3) is 0 Å². The fourth-order valence-electron chi connectivity index (χ4n) is 2.43. The van der Waals surface area contributed by atoms with Gasteiger partial charge in [0.2, 0.25) is 15.9 Å². The van der Waals surface area contributed by atoms with Crippen LogP contribution in [0, 0.1) is 6.92 Å². The SMILES string of the molecule is COc1ccc(OCC(C)NC(=O)CN(C)S(=O)(=O)c2ccc(C)cc2)cc1. The summed E-state index contributed by atoms with van der Waals surface area (Å²) in [6.45, 7) is 3.65. The first-order valence-corrected chi connectivity index (χ1v) is 10.3. The normalized spacial score (nSPS) is 12.5. The van der Waals surface area contributed by atoms with Crippen molar-refractivity contribution in [2.45, 2.75) is 24.8 Å². The number of aryl methyl sites for hydroxylation is 1. The summed E-state index contributed by atoms with van der Waals surface area (Å²) < 4.78 is 36.8. The number of hydrogen-bond acceptors (Lipinski definition) is 5. The minimum absolute atomic E-state index is 0.157. The minimum atomic E-state index is -3.72. The quantitative estimate of drug-likeness (QED) is 0.690. The lowest BCUT2D eigenvalue weighted by molar-refractivity contribution is -0.121. The highest BCUT2D eigenvalue weighted by molar-refractivity contribution is 7.89. The van der Waals surface area contributed by atoms with Gasteiger partial charge < -0.3 is 14.8 Å². The largest absolute Gasteiger partial charge is 0.497 e. The number of amides is 1. The molecule has 0 aliphatic heterocycles. The van der Waals surface area contributed by atoms with Crippen molar-refractivity contribution >= 4 is 15.9 Å². The summed E-state index contributed by atoms with van der Waals surface area (Å²) in [5.41, 5.74) is 0.963. The van der Waals surface area contributed by atoms with Crippen molar-refractivity contribution in [3.05, 3.63) is 54.1 Å². The van der Waals surface area contributed by atoms with E-state index in [-0.39, 0.29) is 24.1 Å². The summed E-state index contributed by atoms with van der Waals surface area (Å²) in [6, 6.07) is 13.3. The zero-order valence-electron chi connectivity index (χ0n) is 16.5. The number of likely N-dealkylation sites (N-methyl/N-ethyl adjacent to an activating group) is 1. The molecule has 152 valence electrons. The topological polar surface area (TPSA) is 84.9 Å². The maximum Gasteiger partial charge on any atom is 0.243 e. The van der Waals surface area contributed by atoms with E-state index >= 15 is 0 Å². The van der Waals surface area contributed by atoms with Gasteiger partial charge in [-0.05, 0) is 50.2 Å². The van der Waals surface area contributed by atoms with E-state index in [1.54, 1.807) is 50.4 Å². The molecule has 28 heavy (non-hydrogen) atoms. The number of hydrogen-bond donors (Lipinski definition) is 1. The highest BCUT2D eigenvalue weighted by Gasteiger charge is 2.23. The predicted molar refractivity (Wildman–Crippen MR) is 107 cm³/mol. The predicted octanol–water partition coefficient (Wildman–Crippen LogP) is 2.21. The van der Waals surface area contributed by atoms with Gasteiger partial charge in [-0.1, -0.05) is 17.7 Å². The van der Waals surface area contributed by atoms with Crippen molar-refractivity contribution in [1.29, 1.82) is 0 Å². The Morgan fingerprint density at radius 1 is 1.07 bits per heavy atom. The van der Waals surface area contributed by atoms with Crippen molar-refractivity contribution in [2.24, 2.45) is 0 Å². The van der Waals surface area contributed by atoms with E-state index in [9.17, 15) is 13.2 Å². The van der Waals surface area contributed by atoms with Gasteiger partial charge in [0, 0.05) is 7.05 Å². The molecule has 0 aliphatic rings. The van der Waals surface area contributed by atoms with Gasteiger partial charge in [-0.25, -0.2) is 8.42 Å². The summed E-state index contributed by atoms with van der Waals surface area (Å²) in [5, 5.41) is 2.74. The van der Waals surface area contributed by atoms with Crippen molar-refractivity contribution in [3.8, 4) is 11.5 Å². The smallest absolute Gasteiger partial charge is 0.243 e. The van der Waals surface area contributed by atoms with E-state index in [1.807, 2.05) is 6.92 Å². The molecule has 0 radical (unpaired) electrons. The molecule has 0 saturated heterocycles. The summed E-state index contributed by atoms with van der Waals surface area (Å²) in [6.07, 6.45) is 0. The number of nitrogens with one attached hydrogen (secondary N) is 1. The van der Waals surface area contributed by atoms with Gasteiger partial charge in [-0.15, -0.1) is 0 Å². The first-order chi connectivity index (χ1) is 13.2. The molecule has 0 spiro atoms. The second-order valence-electron chi connectivity index (χ2n) is 6.53. The van der Waals surface area contributed by atoms with Crippen LogP contribution in [0.1, 0.15) is 12.5 Å². The van der Waals surface area contributed by atoms with E-state index in [2.05, 4.69) is 5.32 Å². The number of methoxy groups -OCH3 is 1. The Bertz CT molecular complexity index is 880. The van der Waals surface area contributed by atoms with Crippen LogP contribution in [-0.4, -0.2) is 52.0 Å². The molecule has 0 saturated carbocycles. The molecule has 0 heterocycles. The van der Waals surface area contributed by atoms with Crippen molar-refractivity contribution in [1.82, 2.24) is 9.62 Å². The molecule has 8 heteroatoms. The lowest BCUT2D eigenvalue weighted by Gasteiger charge is -2.19. The second-order valence-corrected chi connectivity index (χ2v) is 8.57. The number of nitrogens with zero attached hydrogens (tertiary/aromatic N) is 1. The standard InChI is InChI=1S/C20H26N2O5S/c1-15-5-11-19(12-6-15)28(24,25)22(3)13-20(23)21-16(2)14-27-18-9-7-17(26-4)8-10-18/h5-12,16H,13-14H2,1-4H3,(H,21,23). The van der Waals surface area contributed by atoms with Crippen LogP contribution in [0.4, 0.5) is 0 Å². The fraction of sp³-hybridized carbons (Fsp3) is 0.350. The van der Waals surface area contributed by atoms with Crippen LogP contribution in [0.3, 0.4) is 0 Å². The number of benzene rings is 2. The van der Waals surface area contributed by atoms with E-state index < -0.39 is 15.9 Å². The van der Waals surface area contributed by atoms with Crippen LogP contribution < -0.4 is 14.8 Å². The number of carbonyl (C=O) groups is 1. The van der Waals surface area contributed by atoms with Gasteiger partial charge in [0.25, 0.3) is 0 Å². The van der Waals surface area contributed by atoms with Gasteiger partial charge in [0.1, 0.15) is 18.1 Å². The number of carbonyl (C=O) groups excluding carboxylic acids is 1. The molecule has 2 aromatic rings. The molecule has 0 aromatic heterocycles. The van der Waals surface area contributed by atoms with Crippen LogP contribution in [0.15, 0.2) is 53.4 Å². The molecule has 1 atom stereocenters. The molecule has 2 aromatic carbocycles. The van der Waals surface area contributed by atoms with Crippen LogP contribution in [0.2, 0.25) is 0 Å². The van der Waals surface area contributed by atoms with Crippen LogP contribution in [0.5, 0.6) is 11.5 Å². The maximum atomic E-state index is 12.5. The highest BCUT2D eigenvalue weighted by atomic mass is 32.2. The minimum Gasteiger partial charge on any atom is -0.497 e. The third kappa shape index (κ3) is 5.97. The van der Waals surface area contributed by atoms with Crippen LogP contribution >= 0.6 is 0 Å². The molecule has 0 fully saturated rings. The Labute approximate surface area is 166 Å². The molecule has 0 bridgehead atoms. The maximum absolute atomic E-state index is 12.5. The Kier molecular flexibility index (Phi) is 7.42. The van der Waals surface area contributed by atoms with Crippen molar-refractivity contribution in [2.75, 3.05) is 27.3 Å². The molecule has 1 N–H and O–H groups in total. The van der Waals surface area contributed by atoms with Crippen molar-refractivity contribution < 1.29 is 22.7 Å². The third-order valence-electron chi connectivity index (χ3n) is 4.06. The van der Waals surface area contributed by atoms with Crippen molar-refractivity contribution in [3.63, 3.8) is 0 Å². The zero-order valence-corrected chi connectivity index (χ0v) is 17.3. The lowest BCUT2D eigenvalue weighted by Crippen LogP contribution is -2.43. The summed E-state index contributed by atoms with van der Waals surface area (Å²) in [5.74, 6) is 0.983. The van der Waals surface area contributed by atoms with E-state index in [0.717, 1.165) is 15.6 Å². The monoisotopic (exact) mass is 406 g/mol. The van der Waals surface area contributed by atoms with E-state index in [4.69, 9.17) is 9.47 Å². The van der Waals surface area contributed by atoms with E-state index in [0.29, 0.717) is 5.75 Å². The summed E-state index contributed by atoms with van der Waals surface area (Å²) in [4.78, 5) is 12.4. The van der Waals surface area contributed by atoms with Gasteiger partial charge >= 0.3 is 0 Å². The Hall–Kier alpha value is -2.58. The Morgan fingerprint density at radius 2 is 1.64 bits per heavy atom. The van der Waals surface area contributed by atoms with E-state index in [1.165, 1.54) is 19.2 Å². The van der Waals surface area contributed by atoms with Gasteiger partial charge in [-0.3, -0.25) is 4.79 Å². The van der Waals surface area contributed by atoms with Gasteiger partial charge in [0.05, 0.1) is 24.6 Å². The number of ether oxygens (including phenoxy) is 2. The molecule has 0 aliphatic carbocycles. The summed E-state index contributed by atoms with van der Waals surface area (Å²) in [7, 11) is -0.750. The second kappa shape index (κ2) is 9.57. The lowest BCUT2D eigenvalue weighted by atomic mass is 10.2. The third-order valence-corrected chi connectivity index (χ3v) is 5.88. The molecular weight excluding hydrogens is 380 g/mol. The number of sulfonamides is 1. The summed E-state index contributed by atoms with van der Waals surface area (Å²) >= 11 is 0. The molecule has 7 nitrogen and oxygen atoms in total. The molecule has 2 rings (SSSR count). The first-order valence-electron chi connectivity index (χ1n) is 8.81. The first kappa shape index (κ1) is 21.7. The Morgan fingerprint density at radius 3 is 2.21 bits per heavy atom. The Balaban J connectivity index is 1.85. The average molecular weight is 407 g/mol. The molecular formula is C20H26N2O5S. The van der Waals surface area contributed by atoms with Crippen LogP contribution in [-0.2, 0) is 14.8 Å². The van der Waals surface area contributed by atoms with Gasteiger partial charge in [-0.2, -0.15) is 4.31 Å². The molecule has 1 amide bonds. The number of rotatable bonds is 9. The fourth-order valence-corrected chi connectivity index (χ4v) is 3.56. The highest BCUT2D eigenvalue weighted by Crippen LogP contribution is 2.17. The van der Waals surface area contributed by atoms with Gasteiger partial charge in [0.15, 0.2) is 0 Å². The zero-order chi connectivity index (χ0) is 20.7. The molecule has 1 unspecified atom stereocenters. The average Bonchev–Trinajstić information content (AvgIpc) is 2.67.